The second-order valence-electron chi connectivity index (χ2n) is 5.77. The zero-order valence-corrected chi connectivity index (χ0v) is 12.2. The molecule has 0 spiro atoms. The Balaban J connectivity index is 1.92. The summed E-state index contributed by atoms with van der Waals surface area (Å²) in [5.74, 6) is 2.40. The fraction of sp³-hybridized carbons (Fsp3) is 0.625. The van der Waals surface area contributed by atoms with Crippen LogP contribution in [-0.2, 0) is 11.3 Å². The van der Waals surface area contributed by atoms with Gasteiger partial charge in [0.05, 0.1) is 19.8 Å². The van der Waals surface area contributed by atoms with E-state index in [2.05, 4.69) is 13.8 Å². The highest BCUT2D eigenvalue weighted by Crippen LogP contribution is 2.32. The Labute approximate surface area is 116 Å². The minimum absolute atomic E-state index is 0.383. The molecule has 3 heteroatoms. The van der Waals surface area contributed by atoms with Gasteiger partial charge in [-0.25, -0.2) is 0 Å². The normalized spacial score (nSPS) is 27.2. The van der Waals surface area contributed by atoms with Crippen LogP contribution >= 0.6 is 0 Å². The third-order valence-corrected chi connectivity index (χ3v) is 4.34. The van der Waals surface area contributed by atoms with Crippen molar-refractivity contribution in [1.29, 1.82) is 0 Å². The van der Waals surface area contributed by atoms with Crippen LogP contribution in [-0.4, -0.2) is 13.2 Å². The fourth-order valence-corrected chi connectivity index (χ4v) is 2.74. The van der Waals surface area contributed by atoms with Gasteiger partial charge >= 0.3 is 0 Å². The smallest absolute Gasteiger partial charge is 0.126 e. The van der Waals surface area contributed by atoms with Gasteiger partial charge in [-0.2, -0.15) is 0 Å². The molecule has 0 heterocycles. The largest absolute Gasteiger partial charge is 0.496 e. The predicted octanol–water partition coefficient (Wildman–Crippen LogP) is 3.62. The maximum Gasteiger partial charge on any atom is 0.126 e. The Morgan fingerprint density at radius 3 is 2.68 bits per heavy atom. The van der Waals surface area contributed by atoms with Gasteiger partial charge in [0.15, 0.2) is 0 Å². The molecule has 0 amide bonds. The van der Waals surface area contributed by atoms with Crippen molar-refractivity contribution in [1.82, 2.24) is 0 Å². The van der Waals surface area contributed by atoms with Crippen molar-refractivity contribution >= 4 is 5.69 Å². The van der Waals surface area contributed by atoms with Gasteiger partial charge in [-0.1, -0.05) is 19.9 Å². The lowest BCUT2D eigenvalue weighted by Gasteiger charge is -2.32. The first-order valence-electron chi connectivity index (χ1n) is 7.14. The zero-order valence-electron chi connectivity index (χ0n) is 12.2. The summed E-state index contributed by atoms with van der Waals surface area (Å²) in [5, 5.41) is 0. The Bertz CT molecular complexity index is 419. The molecular formula is C16H25NO2. The standard InChI is InChI=1S/C16H25NO2/c1-11-4-7-15(8-12(11)2)19-10-13-5-6-14(17)9-16(13)18-3/h5-6,9,11-12,15H,4,7-8,10,17H2,1-3H3. The second kappa shape index (κ2) is 6.29. The van der Waals surface area contributed by atoms with Gasteiger partial charge in [-0.3, -0.25) is 0 Å². The summed E-state index contributed by atoms with van der Waals surface area (Å²) in [4.78, 5) is 0. The van der Waals surface area contributed by atoms with E-state index in [9.17, 15) is 0 Å². The summed E-state index contributed by atoms with van der Waals surface area (Å²) >= 11 is 0. The first-order valence-corrected chi connectivity index (χ1v) is 7.14. The number of nitrogens with two attached hydrogens (primary N) is 1. The lowest BCUT2D eigenvalue weighted by Crippen LogP contribution is -2.26. The molecule has 2 N–H and O–H groups in total. The molecule has 1 aromatic carbocycles. The summed E-state index contributed by atoms with van der Waals surface area (Å²) in [6.07, 6.45) is 3.99. The van der Waals surface area contributed by atoms with E-state index in [4.69, 9.17) is 15.2 Å². The van der Waals surface area contributed by atoms with Crippen molar-refractivity contribution in [2.75, 3.05) is 12.8 Å². The van der Waals surface area contributed by atoms with Crippen LogP contribution in [0.1, 0.15) is 38.7 Å². The molecule has 106 valence electrons. The molecule has 0 radical (unpaired) electrons. The maximum absolute atomic E-state index is 6.05. The van der Waals surface area contributed by atoms with Crippen LogP contribution in [0.15, 0.2) is 18.2 Å². The molecule has 3 nitrogen and oxygen atoms in total. The van der Waals surface area contributed by atoms with Crippen LogP contribution < -0.4 is 10.5 Å². The van der Waals surface area contributed by atoms with E-state index in [0.717, 1.165) is 28.8 Å². The van der Waals surface area contributed by atoms with Gasteiger partial charge in [0.25, 0.3) is 0 Å². The summed E-state index contributed by atoms with van der Waals surface area (Å²) < 4.78 is 11.4. The van der Waals surface area contributed by atoms with E-state index in [1.165, 1.54) is 19.3 Å². The number of hydrogen-bond donors (Lipinski definition) is 1. The van der Waals surface area contributed by atoms with Crippen molar-refractivity contribution in [2.24, 2.45) is 11.8 Å². The van der Waals surface area contributed by atoms with Crippen molar-refractivity contribution in [2.45, 2.75) is 45.8 Å². The van der Waals surface area contributed by atoms with Gasteiger partial charge in [0, 0.05) is 17.3 Å². The van der Waals surface area contributed by atoms with E-state index in [-0.39, 0.29) is 0 Å². The average Bonchev–Trinajstić information content (AvgIpc) is 2.41. The van der Waals surface area contributed by atoms with Crippen LogP contribution in [0.3, 0.4) is 0 Å². The van der Waals surface area contributed by atoms with Gasteiger partial charge in [0.1, 0.15) is 5.75 Å². The van der Waals surface area contributed by atoms with E-state index < -0.39 is 0 Å². The van der Waals surface area contributed by atoms with Crippen LogP contribution in [0, 0.1) is 11.8 Å². The monoisotopic (exact) mass is 263 g/mol. The highest BCUT2D eigenvalue weighted by Gasteiger charge is 2.25. The molecule has 0 aliphatic heterocycles. The first kappa shape index (κ1) is 14.2. The molecule has 3 atom stereocenters. The summed E-state index contributed by atoms with van der Waals surface area (Å²) in [7, 11) is 1.67. The molecule has 3 unspecified atom stereocenters. The van der Waals surface area contributed by atoms with Gasteiger partial charge in [-0.05, 0) is 37.2 Å². The van der Waals surface area contributed by atoms with Gasteiger partial charge in [0.2, 0.25) is 0 Å². The molecule has 1 saturated carbocycles. The predicted molar refractivity (Wildman–Crippen MR) is 78.2 cm³/mol. The SMILES string of the molecule is COc1cc(N)ccc1COC1CCC(C)C(C)C1. The molecule has 19 heavy (non-hydrogen) atoms. The molecule has 1 fully saturated rings. The molecule has 0 aromatic heterocycles. The molecule has 1 aromatic rings. The lowest BCUT2D eigenvalue weighted by molar-refractivity contribution is -0.00806. The topological polar surface area (TPSA) is 44.5 Å². The number of ether oxygens (including phenoxy) is 2. The Hall–Kier alpha value is -1.22. The molecule has 0 saturated heterocycles. The van der Waals surface area contributed by atoms with E-state index in [0.29, 0.717) is 12.7 Å². The summed E-state index contributed by atoms with van der Waals surface area (Å²) in [6, 6.07) is 5.74. The fourth-order valence-electron chi connectivity index (χ4n) is 2.74. The number of methoxy groups -OCH3 is 1. The molecular weight excluding hydrogens is 238 g/mol. The zero-order chi connectivity index (χ0) is 13.8. The van der Waals surface area contributed by atoms with E-state index >= 15 is 0 Å². The number of benzene rings is 1. The second-order valence-corrected chi connectivity index (χ2v) is 5.77. The minimum atomic E-state index is 0.383. The minimum Gasteiger partial charge on any atom is -0.496 e. The highest BCUT2D eigenvalue weighted by molar-refractivity contribution is 5.48. The number of anilines is 1. The molecule has 1 aliphatic carbocycles. The van der Waals surface area contributed by atoms with Gasteiger partial charge < -0.3 is 15.2 Å². The van der Waals surface area contributed by atoms with Crippen molar-refractivity contribution in [3.63, 3.8) is 0 Å². The van der Waals surface area contributed by atoms with Crippen molar-refractivity contribution in [3.8, 4) is 5.75 Å². The lowest BCUT2D eigenvalue weighted by atomic mass is 9.80. The third kappa shape index (κ3) is 3.63. The van der Waals surface area contributed by atoms with Crippen LogP contribution in [0.4, 0.5) is 5.69 Å². The summed E-state index contributed by atoms with van der Waals surface area (Å²) in [6.45, 7) is 5.27. The Morgan fingerprint density at radius 1 is 1.21 bits per heavy atom. The molecule has 2 rings (SSSR count). The van der Waals surface area contributed by atoms with Crippen molar-refractivity contribution in [3.05, 3.63) is 23.8 Å². The molecule has 1 aliphatic rings. The average molecular weight is 263 g/mol. The van der Waals surface area contributed by atoms with E-state index in [1.54, 1.807) is 7.11 Å². The highest BCUT2D eigenvalue weighted by atomic mass is 16.5. The van der Waals surface area contributed by atoms with Gasteiger partial charge in [-0.15, -0.1) is 0 Å². The van der Waals surface area contributed by atoms with Crippen LogP contribution in [0.5, 0.6) is 5.75 Å². The van der Waals surface area contributed by atoms with Crippen LogP contribution in [0.2, 0.25) is 0 Å². The van der Waals surface area contributed by atoms with Crippen LogP contribution in [0.25, 0.3) is 0 Å². The van der Waals surface area contributed by atoms with E-state index in [1.807, 2.05) is 18.2 Å². The maximum atomic E-state index is 6.05. The third-order valence-electron chi connectivity index (χ3n) is 4.34. The Kier molecular flexibility index (Phi) is 4.70. The number of rotatable bonds is 4. The summed E-state index contributed by atoms with van der Waals surface area (Å²) in [5.41, 5.74) is 7.55. The molecule has 0 bridgehead atoms. The number of nitrogen functional groups attached to an aromatic ring is 1. The van der Waals surface area contributed by atoms with Crippen molar-refractivity contribution < 1.29 is 9.47 Å². The Morgan fingerprint density at radius 2 is 2.00 bits per heavy atom. The first-order chi connectivity index (χ1) is 9.10. The number of hydrogen-bond acceptors (Lipinski definition) is 3. The quantitative estimate of drug-likeness (QED) is 0.844.